The molecular weight excluding hydrogens is 496 g/mol. The predicted octanol–water partition coefficient (Wildman–Crippen LogP) is 5.08. The Kier molecular flexibility index (Phi) is 7.69. The Morgan fingerprint density at radius 3 is 2.32 bits per heavy atom. The highest BCUT2D eigenvalue weighted by molar-refractivity contribution is 6.53. The maximum atomic E-state index is 13.2. The van der Waals surface area contributed by atoms with Crippen LogP contribution in [0, 0.1) is 0 Å². The van der Waals surface area contributed by atoms with E-state index in [1.54, 1.807) is 43.3 Å². The van der Waals surface area contributed by atoms with Gasteiger partial charge in [-0.25, -0.2) is 14.5 Å². The fourth-order valence-corrected chi connectivity index (χ4v) is 3.92. The number of para-hydroxylation sites is 1. The standard InChI is InChI=1S/C28H23ClN2O6/c1-3-17-8-7-9-20(16-17)37-27(34)18-12-14-19(15-13-18)30-24-23(29)25(32)31(26(24)33)22-11-6-5-10-21(22)28(35)36-4-2/h5-16,30H,3-4H2,1-2H3. The fourth-order valence-electron chi connectivity index (χ4n) is 3.71. The van der Waals surface area contributed by atoms with Crippen molar-refractivity contribution in [1.29, 1.82) is 0 Å². The maximum absolute atomic E-state index is 13.2. The van der Waals surface area contributed by atoms with E-state index in [2.05, 4.69) is 5.32 Å². The zero-order valence-corrected chi connectivity index (χ0v) is 20.9. The molecule has 0 atom stereocenters. The van der Waals surface area contributed by atoms with E-state index in [1.807, 2.05) is 19.1 Å². The van der Waals surface area contributed by atoms with Gasteiger partial charge < -0.3 is 14.8 Å². The van der Waals surface area contributed by atoms with Crippen molar-refractivity contribution in [3.8, 4) is 5.75 Å². The second-order valence-corrected chi connectivity index (χ2v) is 8.34. The molecule has 9 heteroatoms. The van der Waals surface area contributed by atoms with Gasteiger partial charge in [-0.3, -0.25) is 9.59 Å². The number of nitrogens with zero attached hydrogens (tertiary/aromatic N) is 1. The maximum Gasteiger partial charge on any atom is 0.343 e. The Hall–Kier alpha value is -4.43. The summed E-state index contributed by atoms with van der Waals surface area (Å²) in [5.41, 5.74) is 1.73. The van der Waals surface area contributed by atoms with Gasteiger partial charge >= 0.3 is 11.9 Å². The first-order valence-corrected chi connectivity index (χ1v) is 11.9. The molecule has 0 aromatic heterocycles. The molecule has 3 aromatic rings. The summed E-state index contributed by atoms with van der Waals surface area (Å²) in [4.78, 5) is 51.8. The number of benzene rings is 3. The van der Waals surface area contributed by atoms with Gasteiger partial charge in [0.1, 0.15) is 16.5 Å². The van der Waals surface area contributed by atoms with Gasteiger partial charge in [-0.15, -0.1) is 0 Å². The smallest absolute Gasteiger partial charge is 0.343 e. The molecule has 0 saturated carbocycles. The van der Waals surface area contributed by atoms with E-state index < -0.39 is 23.8 Å². The second-order valence-electron chi connectivity index (χ2n) is 7.97. The van der Waals surface area contributed by atoms with Gasteiger partial charge in [0.2, 0.25) is 0 Å². The molecule has 1 heterocycles. The number of ether oxygens (including phenoxy) is 2. The molecule has 0 fully saturated rings. The SMILES string of the molecule is CCOC(=O)c1ccccc1N1C(=O)C(Cl)=C(Nc2ccc(C(=O)Oc3cccc(CC)c3)cc2)C1=O. The Morgan fingerprint density at radius 2 is 1.62 bits per heavy atom. The molecule has 3 aromatic carbocycles. The van der Waals surface area contributed by atoms with Crippen molar-refractivity contribution in [2.24, 2.45) is 0 Å². The fraction of sp³-hybridized carbons (Fsp3) is 0.143. The third kappa shape index (κ3) is 5.39. The first-order chi connectivity index (χ1) is 17.8. The van der Waals surface area contributed by atoms with Crippen LogP contribution < -0.4 is 15.0 Å². The van der Waals surface area contributed by atoms with Crippen LogP contribution in [-0.4, -0.2) is 30.4 Å². The third-order valence-corrected chi connectivity index (χ3v) is 5.93. The Morgan fingerprint density at radius 1 is 0.892 bits per heavy atom. The molecule has 0 unspecified atom stereocenters. The summed E-state index contributed by atoms with van der Waals surface area (Å²) in [7, 11) is 0. The van der Waals surface area contributed by atoms with Crippen LogP contribution in [0.25, 0.3) is 0 Å². The van der Waals surface area contributed by atoms with Crippen molar-refractivity contribution < 1.29 is 28.7 Å². The molecule has 0 radical (unpaired) electrons. The number of hydrogen-bond donors (Lipinski definition) is 1. The van der Waals surface area contributed by atoms with E-state index in [-0.39, 0.29) is 28.6 Å². The lowest BCUT2D eigenvalue weighted by Gasteiger charge is -2.18. The van der Waals surface area contributed by atoms with E-state index in [0.717, 1.165) is 16.9 Å². The largest absolute Gasteiger partial charge is 0.462 e. The summed E-state index contributed by atoms with van der Waals surface area (Å²) in [6, 6.07) is 19.6. The van der Waals surface area contributed by atoms with Gasteiger partial charge in [0.25, 0.3) is 11.8 Å². The lowest BCUT2D eigenvalue weighted by molar-refractivity contribution is -0.120. The lowest BCUT2D eigenvalue weighted by atomic mass is 10.1. The molecule has 0 aliphatic carbocycles. The normalized spacial score (nSPS) is 13.1. The molecule has 0 bridgehead atoms. The highest BCUT2D eigenvalue weighted by Crippen LogP contribution is 2.32. The number of rotatable bonds is 8. The Balaban J connectivity index is 1.50. The molecule has 8 nitrogen and oxygen atoms in total. The minimum absolute atomic E-state index is 0.0594. The summed E-state index contributed by atoms with van der Waals surface area (Å²) in [6.45, 7) is 3.80. The van der Waals surface area contributed by atoms with E-state index in [4.69, 9.17) is 21.1 Å². The van der Waals surface area contributed by atoms with Crippen molar-refractivity contribution in [3.63, 3.8) is 0 Å². The second kappa shape index (κ2) is 11.1. The minimum atomic E-state index is -0.777. The van der Waals surface area contributed by atoms with Crippen LogP contribution in [0.3, 0.4) is 0 Å². The van der Waals surface area contributed by atoms with E-state index >= 15 is 0 Å². The zero-order chi connectivity index (χ0) is 26.5. The number of amides is 2. The predicted molar refractivity (Wildman–Crippen MR) is 139 cm³/mol. The average Bonchev–Trinajstić information content (AvgIpc) is 3.12. The number of aryl methyl sites for hydroxylation is 1. The summed E-state index contributed by atoms with van der Waals surface area (Å²) >= 11 is 6.22. The van der Waals surface area contributed by atoms with Crippen LogP contribution in [0.1, 0.15) is 40.1 Å². The molecule has 4 rings (SSSR count). The lowest BCUT2D eigenvalue weighted by Crippen LogP contribution is -2.33. The topological polar surface area (TPSA) is 102 Å². The number of carbonyl (C=O) groups excluding carboxylic acids is 4. The molecule has 37 heavy (non-hydrogen) atoms. The summed E-state index contributed by atoms with van der Waals surface area (Å²) in [5.74, 6) is -2.26. The van der Waals surface area contributed by atoms with Crippen LogP contribution in [0.5, 0.6) is 5.75 Å². The molecule has 1 aliphatic rings. The number of esters is 2. The third-order valence-electron chi connectivity index (χ3n) is 5.57. The first-order valence-electron chi connectivity index (χ1n) is 11.6. The minimum Gasteiger partial charge on any atom is -0.462 e. The van der Waals surface area contributed by atoms with Crippen LogP contribution in [-0.2, 0) is 20.7 Å². The number of carbonyl (C=O) groups is 4. The van der Waals surface area contributed by atoms with Crippen LogP contribution in [0.2, 0.25) is 0 Å². The number of nitrogens with one attached hydrogen (secondary N) is 1. The Labute approximate surface area is 218 Å². The zero-order valence-electron chi connectivity index (χ0n) is 20.1. The van der Waals surface area contributed by atoms with Gasteiger partial charge in [0.15, 0.2) is 0 Å². The Bertz CT molecular complexity index is 1410. The van der Waals surface area contributed by atoms with Crippen LogP contribution >= 0.6 is 11.6 Å². The number of hydrogen-bond acceptors (Lipinski definition) is 7. The monoisotopic (exact) mass is 518 g/mol. The van der Waals surface area contributed by atoms with Gasteiger partial charge in [-0.05, 0) is 67.4 Å². The summed E-state index contributed by atoms with van der Waals surface area (Å²) < 4.78 is 10.5. The van der Waals surface area contributed by atoms with Crippen molar-refractivity contribution >= 4 is 46.7 Å². The van der Waals surface area contributed by atoms with Gasteiger partial charge in [-0.1, -0.05) is 42.8 Å². The molecule has 188 valence electrons. The summed E-state index contributed by atoms with van der Waals surface area (Å²) in [5, 5.41) is 2.51. The van der Waals surface area contributed by atoms with Gasteiger partial charge in [0.05, 0.1) is 23.4 Å². The van der Waals surface area contributed by atoms with Crippen LogP contribution in [0.4, 0.5) is 11.4 Å². The van der Waals surface area contributed by atoms with Crippen molar-refractivity contribution in [1.82, 2.24) is 0 Å². The summed E-state index contributed by atoms with van der Waals surface area (Å²) in [6.07, 6.45) is 0.817. The number of imide groups is 1. The van der Waals surface area contributed by atoms with E-state index in [9.17, 15) is 19.2 Å². The van der Waals surface area contributed by atoms with Crippen molar-refractivity contribution in [3.05, 3.63) is 100 Å². The van der Waals surface area contributed by atoms with Crippen molar-refractivity contribution in [2.75, 3.05) is 16.8 Å². The average molecular weight is 519 g/mol. The number of halogens is 1. The van der Waals surface area contributed by atoms with Gasteiger partial charge in [-0.2, -0.15) is 0 Å². The molecule has 2 amide bonds. The molecule has 1 aliphatic heterocycles. The highest BCUT2D eigenvalue weighted by atomic mass is 35.5. The molecule has 0 saturated heterocycles. The van der Waals surface area contributed by atoms with Gasteiger partial charge in [0, 0.05) is 5.69 Å². The first kappa shape index (κ1) is 25.7. The quantitative estimate of drug-likeness (QED) is 0.252. The van der Waals surface area contributed by atoms with E-state index in [1.165, 1.54) is 24.3 Å². The van der Waals surface area contributed by atoms with Crippen LogP contribution in [0.15, 0.2) is 83.5 Å². The number of anilines is 2. The van der Waals surface area contributed by atoms with Crippen molar-refractivity contribution in [2.45, 2.75) is 20.3 Å². The highest BCUT2D eigenvalue weighted by Gasteiger charge is 2.40. The van der Waals surface area contributed by atoms with E-state index in [0.29, 0.717) is 17.0 Å². The molecule has 1 N–H and O–H groups in total. The molecule has 0 spiro atoms. The molecular formula is C28H23ClN2O6.